The molecule has 0 aliphatic heterocycles. The molecule has 5 unspecified atom stereocenters. The van der Waals surface area contributed by atoms with Gasteiger partial charge in [-0.25, -0.2) is 9.59 Å². The Kier molecular flexibility index (Phi) is 4.86. The van der Waals surface area contributed by atoms with Crippen molar-refractivity contribution in [1.29, 1.82) is 0 Å². The number of carboxylic acids is 1. The van der Waals surface area contributed by atoms with Crippen molar-refractivity contribution in [2.75, 3.05) is 13.7 Å². The van der Waals surface area contributed by atoms with Crippen LogP contribution in [0.2, 0.25) is 0 Å². The summed E-state index contributed by atoms with van der Waals surface area (Å²) in [5, 5.41) is 14.3. The first-order chi connectivity index (χ1) is 9.51. The number of rotatable bonds is 6. The second kappa shape index (κ2) is 6.43. The van der Waals surface area contributed by atoms with E-state index in [1.807, 2.05) is 6.92 Å². The van der Waals surface area contributed by atoms with E-state index in [-0.39, 0.29) is 18.6 Å². The van der Waals surface area contributed by atoms with Gasteiger partial charge >= 0.3 is 12.0 Å². The van der Waals surface area contributed by atoms with Gasteiger partial charge in [-0.2, -0.15) is 0 Å². The minimum Gasteiger partial charge on any atom is -0.479 e. The lowest BCUT2D eigenvalue weighted by molar-refractivity contribution is -0.147. The molecular weight excluding hydrogens is 260 g/mol. The van der Waals surface area contributed by atoms with E-state index in [4.69, 9.17) is 9.84 Å². The van der Waals surface area contributed by atoms with Crippen LogP contribution in [0.15, 0.2) is 0 Å². The molecule has 0 aromatic carbocycles. The molecule has 6 heteroatoms. The Labute approximate surface area is 119 Å². The standard InChI is InChI=1S/C14H24N2O4/c1-8(11-6-9-3-4-10(11)5-9)16-14(19)15-7-12(20-2)13(17)18/h8-12H,3-7H2,1-2H3,(H,17,18)(H2,15,16,19). The highest BCUT2D eigenvalue weighted by Gasteiger charge is 2.42. The van der Waals surface area contributed by atoms with Crippen LogP contribution in [-0.2, 0) is 9.53 Å². The van der Waals surface area contributed by atoms with Crippen molar-refractivity contribution in [2.24, 2.45) is 17.8 Å². The molecule has 2 bridgehead atoms. The van der Waals surface area contributed by atoms with Gasteiger partial charge in [0, 0.05) is 13.2 Å². The van der Waals surface area contributed by atoms with Crippen LogP contribution in [-0.4, -0.2) is 42.9 Å². The maximum Gasteiger partial charge on any atom is 0.334 e. The molecule has 2 aliphatic rings. The minimum atomic E-state index is -1.08. The van der Waals surface area contributed by atoms with E-state index >= 15 is 0 Å². The maximum absolute atomic E-state index is 11.8. The Bertz CT molecular complexity index is 374. The Morgan fingerprint density at radius 3 is 2.60 bits per heavy atom. The highest BCUT2D eigenvalue weighted by Crippen LogP contribution is 2.49. The number of methoxy groups -OCH3 is 1. The van der Waals surface area contributed by atoms with Crippen LogP contribution < -0.4 is 10.6 Å². The zero-order valence-corrected chi connectivity index (χ0v) is 12.1. The number of carbonyl (C=O) groups is 2. The largest absolute Gasteiger partial charge is 0.479 e. The third-order valence-corrected chi connectivity index (χ3v) is 4.80. The van der Waals surface area contributed by atoms with Crippen molar-refractivity contribution in [2.45, 2.75) is 44.8 Å². The average molecular weight is 284 g/mol. The van der Waals surface area contributed by atoms with E-state index in [0.717, 1.165) is 11.8 Å². The fourth-order valence-electron chi connectivity index (χ4n) is 3.73. The van der Waals surface area contributed by atoms with Crippen molar-refractivity contribution in [3.05, 3.63) is 0 Å². The molecule has 20 heavy (non-hydrogen) atoms. The average Bonchev–Trinajstić information content (AvgIpc) is 3.01. The summed E-state index contributed by atoms with van der Waals surface area (Å²) >= 11 is 0. The van der Waals surface area contributed by atoms with Gasteiger partial charge in [-0.15, -0.1) is 0 Å². The summed E-state index contributed by atoms with van der Waals surface area (Å²) < 4.78 is 4.77. The summed E-state index contributed by atoms with van der Waals surface area (Å²) in [5.41, 5.74) is 0. The number of ether oxygens (including phenoxy) is 1. The second-order valence-electron chi connectivity index (χ2n) is 6.04. The number of nitrogens with one attached hydrogen (secondary N) is 2. The number of amides is 2. The van der Waals surface area contributed by atoms with Crippen LogP contribution in [0.25, 0.3) is 0 Å². The predicted octanol–water partition coefficient (Wildman–Crippen LogP) is 1.21. The van der Waals surface area contributed by atoms with Gasteiger partial charge < -0.3 is 20.5 Å². The number of carboxylic acid groups (broad SMARTS) is 1. The van der Waals surface area contributed by atoms with Crippen molar-refractivity contribution in [1.82, 2.24) is 10.6 Å². The van der Waals surface area contributed by atoms with E-state index in [0.29, 0.717) is 5.92 Å². The molecule has 0 spiro atoms. The molecular formula is C14H24N2O4. The van der Waals surface area contributed by atoms with E-state index in [9.17, 15) is 9.59 Å². The summed E-state index contributed by atoms with van der Waals surface area (Å²) in [4.78, 5) is 22.6. The summed E-state index contributed by atoms with van der Waals surface area (Å²) in [5.74, 6) is 1.09. The van der Waals surface area contributed by atoms with E-state index in [1.165, 1.54) is 32.8 Å². The number of urea groups is 1. The topological polar surface area (TPSA) is 87.7 Å². The van der Waals surface area contributed by atoms with Crippen molar-refractivity contribution >= 4 is 12.0 Å². The lowest BCUT2D eigenvalue weighted by atomic mass is 9.84. The van der Waals surface area contributed by atoms with E-state index < -0.39 is 12.1 Å². The van der Waals surface area contributed by atoms with Crippen LogP contribution in [0.4, 0.5) is 4.79 Å². The van der Waals surface area contributed by atoms with Crippen molar-refractivity contribution in [3.8, 4) is 0 Å². The monoisotopic (exact) mass is 284 g/mol. The third-order valence-electron chi connectivity index (χ3n) is 4.80. The van der Waals surface area contributed by atoms with Crippen molar-refractivity contribution in [3.63, 3.8) is 0 Å². The molecule has 6 nitrogen and oxygen atoms in total. The highest BCUT2D eigenvalue weighted by molar-refractivity contribution is 5.77. The molecule has 5 atom stereocenters. The molecule has 0 heterocycles. The fourth-order valence-corrected chi connectivity index (χ4v) is 3.73. The first kappa shape index (κ1) is 15.1. The number of carbonyl (C=O) groups excluding carboxylic acids is 1. The molecule has 3 N–H and O–H groups in total. The number of aliphatic carboxylic acids is 1. The molecule has 2 rings (SSSR count). The Morgan fingerprint density at radius 2 is 2.10 bits per heavy atom. The quantitative estimate of drug-likeness (QED) is 0.684. The summed E-state index contributed by atoms with van der Waals surface area (Å²) in [7, 11) is 1.32. The van der Waals surface area contributed by atoms with E-state index in [1.54, 1.807) is 0 Å². The van der Waals surface area contributed by atoms with Gasteiger partial charge in [-0.3, -0.25) is 0 Å². The molecule has 114 valence electrons. The SMILES string of the molecule is COC(CNC(=O)NC(C)C1CC2CCC1C2)C(=O)O. The van der Waals surface area contributed by atoms with E-state index in [2.05, 4.69) is 10.6 Å². The van der Waals surface area contributed by atoms with Crippen LogP contribution in [0.5, 0.6) is 0 Å². The number of fused-ring (bicyclic) bond motifs is 2. The predicted molar refractivity (Wildman–Crippen MR) is 73.4 cm³/mol. The van der Waals surface area contributed by atoms with Gasteiger partial charge in [0.25, 0.3) is 0 Å². The Hall–Kier alpha value is -1.30. The molecule has 0 aromatic rings. The highest BCUT2D eigenvalue weighted by atomic mass is 16.5. The first-order valence-corrected chi connectivity index (χ1v) is 7.31. The molecule has 2 aliphatic carbocycles. The Morgan fingerprint density at radius 1 is 1.35 bits per heavy atom. The van der Waals surface area contributed by atoms with Crippen LogP contribution in [0.1, 0.15) is 32.6 Å². The van der Waals surface area contributed by atoms with Crippen LogP contribution in [0, 0.1) is 17.8 Å². The summed E-state index contributed by atoms with van der Waals surface area (Å²) in [6.07, 6.45) is 4.14. The molecule has 0 saturated heterocycles. The second-order valence-corrected chi connectivity index (χ2v) is 6.04. The summed E-state index contributed by atoms with van der Waals surface area (Å²) in [6.45, 7) is 2.01. The number of hydrogen-bond donors (Lipinski definition) is 3. The normalized spacial score (nSPS) is 30.8. The fraction of sp³-hybridized carbons (Fsp3) is 0.857. The van der Waals surface area contributed by atoms with Crippen LogP contribution in [0.3, 0.4) is 0 Å². The molecule has 2 amide bonds. The number of hydrogen-bond acceptors (Lipinski definition) is 3. The minimum absolute atomic E-state index is 0.0267. The van der Waals surface area contributed by atoms with Gasteiger partial charge in [-0.05, 0) is 43.9 Å². The maximum atomic E-state index is 11.8. The zero-order valence-electron chi connectivity index (χ0n) is 12.1. The van der Waals surface area contributed by atoms with Crippen LogP contribution >= 0.6 is 0 Å². The molecule has 2 fully saturated rings. The Balaban J connectivity index is 1.72. The molecule has 0 aromatic heterocycles. The van der Waals surface area contributed by atoms with Gasteiger partial charge in [0.1, 0.15) is 0 Å². The molecule has 0 radical (unpaired) electrons. The van der Waals surface area contributed by atoms with Crippen molar-refractivity contribution < 1.29 is 19.4 Å². The summed E-state index contributed by atoms with van der Waals surface area (Å²) in [6, 6.07) is -0.181. The van der Waals surface area contributed by atoms with Gasteiger partial charge in [0.15, 0.2) is 6.10 Å². The van der Waals surface area contributed by atoms with Gasteiger partial charge in [0.05, 0.1) is 6.54 Å². The first-order valence-electron chi connectivity index (χ1n) is 7.31. The lowest BCUT2D eigenvalue weighted by Crippen LogP contribution is -2.48. The van der Waals surface area contributed by atoms with Gasteiger partial charge in [-0.1, -0.05) is 6.42 Å². The lowest BCUT2D eigenvalue weighted by Gasteiger charge is -2.28. The molecule has 2 saturated carbocycles. The van der Waals surface area contributed by atoms with Gasteiger partial charge in [0.2, 0.25) is 0 Å². The smallest absolute Gasteiger partial charge is 0.334 e. The third kappa shape index (κ3) is 3.42. The zero-order chi connectivity index (χ0) is 14.7.